The van der Waals surface area contributed by atoms with E-state index in [-0.39, 0.29) is 32.8 Å². The first kappa shape index (κ1) is 49.8. The lowest BCUT2D eigenvalue weighted by Gasteiger charge is -2.19. The third-order valence-electron chi connectivity index (χ3n) is 8.20. The maximum Gasteiger partial charge on any atom is 0.472 e. The van der Waals surface area contributed by atoms with Crippen LogP contribution in [0.1, 0.15) is 162 Å². The van der Waals surface area contributed by atoms with Gasteiger partial charge in [0.15, 0.2) is 6.10 Å². The quantitative estimate of drug-likeness (QED) is 0.0211. The van der Waals surface area contributed by atoms with Crippen molar-refractivity contribution in [1.29, 1.82) is 0 Å². The molecule has 0 fully saturated rings. The van der Waals surface area contributed by atoms with E-state index in [9.17, 15) is 14.3 Å². The summed E-state index contributed by atoms with van der Waals surface area (Å²) in [4.78, 5) is 22.4. The molecule has 9 heteroatoms. The molecular formula is C43H76NO7P. The Kier molecular flexibility index (Phi) is 38.3. The van der Waals surface area contributed by atoms with E-state index in [1.165, 1.54) is 103 Å². The summed E-state index contributed by atoms with van der Waals surface area (Å²) >= 11 is 0. The summed E-state index contributed by atoms with van der Waals surface area (Å²) < 4.78 is 33.0. The lowest BCUT2D eigenvalue weighted by molar-refractivity contribution is -0.153. The van der Waals surface area contributed by atoms with E-state index in [4.69, 9.17) is 24.3 Å². The summed E-state index contributed by atoms with van der Waals surface area (Å²) in [6.07, 6.45) is 50.3. The number of hydrogen-bond acceptors (Lipinski definition) is 7. The molecule has 0 aromatic carbocycles. The lowest BCUT2D eigenvalue weighted by atomic mass is 10.1. The van der Waals surface area contributed by atoms with Crippen LogP contribution in [0, 0.1) is 0 Å². The molecule has 0 aliphatic rings. The highest BCUT2D eigenvalue weighted by Crippen LogP contribution is 2.43. The maximum atomic E-state index is 12.5. The second-order valence-electron chi connectivity index (χ2n) is 13.2. The zero-order chi connectivity index (χ0) is 38.1. The number of carbonyl (C=O) groups is 1. The van der Waals surface area contributed by atoms with Gasteiger partial charge in [-0.1, -0.05) is 158 Å². The summed E-state index contributed by atoms with van der Waals surface area (Å²) in [5.41, 5.74) is 5.35. The van der Waals surface area contributed by atoms with Crippen LogP contribution in [0.2, 0.25) is 0 Å². The Morgan fingerprint density at radius 2 is 1.04 bits per heavy atom. The Morgan fingerprint density at radius 3 is 1.56 bits per heavy atom. The Labute approximate surface area is 318 Å². The van der Waals surface area contributed by atoms with E-state index in [1.54, 1.807) is 6.26 Å². The van der Waals surface area contributed by atoms with Crippen LogP contribution >= 0.6 is 7.82 Å². The number of phosphoric acid groups is 1. The number of carbonyl (C=O) groups excluding carboxylic acids is 1. The number of ether oxygens (including phenoxy) is 2. The van der Waals surface area contributed by atoms with Crippen molar-refractivity contribution in [2.75, 3.05) is 26.4 Å². The minimum Gasteiger partial charge on any atom is -0.498 e. The van der Waals surface area contributed by atoms with Crippen LogP contribution in [0.25, 0.3) is 0 Å². The molecule has 0 radical (unpaired) electrons. The summed E-state index contributed by atoms with van der Waals surface area (Å²) in [7, 11) is -4.32. The van der Waals surface area contributed by atoms with Gasteiger partial charge in [-0.05, 0) is 63.9 Å². The Balaban J connectivity index is 4.30. The fourth-order valence-electron chi connectivity index (χ4n) is 5.19. The highest BCUT2D eigenvalue weighted by molar-refractivity contribution is 7.47. The van der Waals surface area contributed by atoms with Crippen LogP contribution in [-0.4, -0.2) is 43.3 Å². The first-order valence-electron chi connectivity index (χ1n) is 20.5. The molecule has 0 aromatic heterocycles. The van der Waals surface area contributed by atoms with Gasteiger partial charge in [0.05, 0.1) is 19.5 Å². The van der Waals surface area contributed by atoms with E-state index in [2.05, 4.69) is 62.5 Å². The molecule has 0 rings (SSSR count). The number of esters is 1. The predicted octanol–water partition coefficient (Wildman–Crippen LogP) is 12.3. The van der Waals surface area contributed by atoms with Crippen LogP contribution in [0.5, 0.6) is 0 Å². The van der Waals surface area contributed by atoms with Crippen molar-refractivity contribution in [3.63, 3.8) is 0 Å². The largest absolute Gasteiger partial charge is 0.498 e. The van der Waals surface area contributed by atoms with Crippen molar-refractivity contribution in [3.8, 4) is 0 Å². The smallest absolute Gasteiger partial charge is 0.472 e. The van der Waals surface area contributed by atoms with Gasteiger partial charge in [0, 0.05) is 13.0 Å². The van der Waals surface area contributed by atoms with Crippen molar-refractivity contribution >= 4 is 13.8 Å². The van der Waals surface area contributed by atoms with Crippen molar-refractivity contribution in [3.05, 3.63) is 73.1 Å². The molecule has 2 atom stereocenters. The number of unbranched alkanes of at least 4 members (excludes halogenated alkanes) is 15. The average Bonchev–Trinajstić information content (AvgIpc) is 3.13. The van der Waals surface area contributed by atoms with Crippen LogP contribution < -0.4 is 5.73 Å². The number of phosphoric ester groups is 1. The van der Waals surface area contributed by atoms with Crippen LogP contribution in [0.3, 0.4) is 0 Å². The van der Waals surface area contributed by atoms with Crippen LogP contribution in [0.4, 0.5) is 0 Å². The Bertz CT molecular complexity index is 1020. The fourth-order valence-corrected chi connectivity index (χ4v) is 5.95. The molecule has 52 heavy (non-hydrogen) atoms. The van der Waals surface area contributed by atoms with Crippen molar-refractivity contribution in [2.24, 2.45) is 5.73 Å². The van der Waals surface area contributed by atoms with Gasteiger partial charge in [0.1, 0.15) is 6.61 Å². The average molecular weight is 750 g/mol. The molecular weight excluding hydrogens is 673 g/mol. The monoisotopic (exact) mass is 750 g/mol. The van der Waals surface area contributed by atoms with Gasteiger partial charge in [0.2, 0.25) is 0 Å². The highest BCUT2D eigenvalue weighted by atomic mass is 31.2. The van der Waals surface area contributed by atoms with Crippen molar-refractivity contribution in [2.45, 2.75) is 168 Å². The number of hydrogen-bond donors (Lipinski definition) is 2. The molecule has 300 valence electrons. The molecule has 2 unspecified atom stereocenters. The lowest BCUT2D eigenvalue weighted by Crippen LogP contribution is -2.27. The number of allylic oxidation sites excluding steroid dienone is 11. The van der Waals surface area contributed by atoms with E-state index in [0.717, 1.165) is 32.1 Å². The van der Waals surface area contributed by atoms with E-state index < -0.39 is 19.9 Å². The van der Waals surface area contributed by atoms with Gasteiger partial charge >= 0.3 is 13.8 Å². The van der Waals surface area contributed by atoms with E-state index in [1.807, 2.05) is 18.2 Å². The first-order chi connectivity index (χ1) is 25.4. The molecule has 0 aliphatic carbocycles. The molecule has 0 amide bonds. The number of nitrogens with two attached hydrogens (primary N) is 1. The molecule has 3 N–H and O–H groups in total. The van der Waals surface area contributed by atoms with Crippen LogP contribution in [0.15, 0.2) is 73.1 Å². The summed E-state index contributed by atoms with van der Waals surface area (Å²) in [5.74, 6) is -0.442. The summed E-state index contributed by atoms with van der Waals surface area (Å²) in [5, 5.41) is 0. The molecule has 0 saturated carbocycles. The minimum absolute atomic E-state index is 0.0218. The minimum atomic E-state index is -4.32. The normalized spacial score (nSPS) is 14.2. The molecule has 0 heterocycles. The molecule has 0 aromatic rings. The van der Waals surface area contributed by atoms with E-state index >= 15 is 0 Å². The van der Waals surface area contributed by atoms with Gasteiger partial charge in [-0.2, -0.15) is 0 Å². The van der Waals surface area contributed by atoms with Gasteiger partial charge in [-0.25, -0.2) is 4.57 Å². The maximum absolute atomic E-state index is 12.5. The summed E-state index contributed by atoms with van der Waals surface area (Å²) in [6, 6.07) is 0. The zero-order valence-electron chi connectivity index (χ0n) is 33.0. The molecule has 0 aliphatic heterocycles. The van der Waals surface area contributed by atoms with Gasteiger partial charge < -0.3 is 20.1 Å². The molecule has 0 bridgehead atoms. The molecule has 0 saturated heterocycles. The summed E-state index contributed by atoms with van der Waals surface area (Å²) in [6.45, 7) is 4.08. The van der Waals surface area contributed by atoms with Gasteiger partial charge in [0.25, 0.3) is 0 Å². The molecule has 8 nitrogen and oxygen atoms in total. The molecule has 0 spiro atoms. The number of rotatable bonds is 38. The van der Waals surface area contributed by atoms with E-state index in [0.29, 0.717) is 6.42 Å². The second kappa shape index (κ2) is 40.0. The third-order valence-corrected chi connectivity index (χ3v) is 9.19. The SMILES string of the molecule is CCCCCCC=CCC=CCC=CCC=CCCC(=O)OC(COC=CCC=CCCCCCCCCCCCCC)COP(=O)(O)OCCN. The Morgan fingerprint density at radius 1 is 0.596 bits per heavy atom. The van der Waals surface area contributed by atoms with Crippen molar-refractivity contribution < 1.29 is 32.8 Å². The van der Waals surface area contributed by atoms with Crippen LogP contribution in [-0.2, 0) is 27.9 Å². The standard InChI is InChI=1S/C43H76NO7P/c1-3-5-7-9-11-13-15-17-19-21-22-24-26-28-30-32-34-36-43(45)51-42(41-50-52(46,47)49-39-37-44)40-48-38-35-33-31-29-27-25-23-20-18-16-14-12-10-8-6-4-2/h13,15,19,21,24,26,29-32,35,38,42H,3-12,14,16-18,20,22-23,25,27-28,33-34,36-37,39-41,44H2,1-2H3,(H,46,47). The highest BCUT2D eigenvalue weighted by Gasteiger charge is 2.25. The van der Waals surface area contributed by atoms with Crippen molar-refractivity contribution in [1.82, 2.24) is 0 Å². The topological polar surface area (TPSA) is 117 Å². The zero-order valence-corrected chi connectivity index (χ0v) is 33.9. The first-order valence-corrected chi connectivity index (χ1v) is 22.0. The predicted molar refractivity (Wildman–Crippen MR) is 219 cm³/mol. The van der Waals surface area contributed by atoms with Gasteiger partial charge in [-0.3, -0.25) is 13.8 Å². The third kappa shape index (κ3) is 39.0. The Hall–Kier alpha value is -2.22. The van der Waals surface area contributed by atoms with Gasteiger partial charge in [-0.15, -0.1) is 0 Å². The second-order valence-corrected chi connectivity index (χ2v) is 14.7. The fraction of sp³-hybridized carbons (Fsp3) is 0.698.